The SMILES string of the molecule is N#CNC(=Nc1ccccc1)N1CC(N)C(c2ccccc2)=N1. The van der Waals surface area contributed by atoms with E-state index in [4.69, 9.17) is 11.0 Å². The molecule has 23 heavy (non-hydrogen) atoms. The molecule has 0 aromatic heterocycles. The summed E-state index contributed by atoms with van der Waals surface area (Å²) in [5.41, 5.74) is 8.68. The smallest absolute Gasteiger partial charge is 0.233 e. The van der Waals surface area contributed by atoms with Gasteiger partial charge in [-0.05, 0) is 17.7 Å². The lowest BCUT2D eigenvalue weighted by atomic mass is 10.1. The van der Waals surface area contributed by atoms with Crippen LogP contribution in [0.15, 0.2) is 70.8 Å². The first-order valence-electron chi connectivity index (χ1n) is 7.24. The van der Waals surface area contributed by atoms with E-state index in [0.717, 1.165) is 17.0 Å². The van der Waals surface area contributed by atoms with Crippen LogP contribution < -0.4 is 11.1 Å². The number of hydrogen-bond acceptors (Lipinski definition) is 4. The van der Waals surface area contributed by atoms with Crippen LogP contribution in [0.2, 0.25) is 0 Å². The molecule has 0 bridgehead atoms. The predicted octanol–water partition coefficient (Wildman–Crippen LogP) is 1.79. The molecular weight excluding hydrogens is 288 g/mol. The Bertz CT molecular complexity index is 761. The van der Waals surface area contributed by atoms with Gasteiger partial charge >= 0.3 is 0 Å². The number of nitriles is 1. The van der Waals surface area contributed by atoms with Crippen molar-refractivity contribution >= 4 is 17.4 Å². The quantitative estimate of drug-likeness (QED) is 0.383. The number of para-hydroxylation sites is 1. The second-order valence-electron chi connectivity index (χ2n) is 5.05. The van der Waals surface area contributed by atoms with Gasteiger partial charge in [-0.1, -0.05) is 48.5 Å². The number of nitrogens with zero attached hydrogens (tertiary/aromatic N) is 4. The third-order valence-electron chi connectivity index (χ3n) is 3.42. The van der Waals surface area contributed by atoms with Crippen molar-refractivity contribution in [1.82, 2.24) is 10.3 Å². The molecule has 1 aliphatic heterocycles. The molecule has 1 aliphatic rings. The van der Waals surface area contributed by atoms with Gasteiger partial charge in [0.1, 0.15) is 0 Å². The molecule has 1 atom stereocenters. The van der Waals surface area contributed by atoms with Gasteiger partial charge in [0.2, 0.25) is 5.96 Å². The fourth-order valence-electron chi connectivity index (χ4n) is 2.36. The molecule has 2 aromatic carbocycles. The van der Waals surface area contributed by atoms with Gasteiger partial charge in [-0.3, -0.25) is 5.32 Å². The molecule has 114 valence electrons. The number of nitrogens with one attached hydrogen (secondary N) is 1. The number of rotatable bonds is 2. The maximum atomic E-state index is 8.98. The van der Waals surface area contributed by atoms with Crippen LogP contribution in [0.4, 0.5) is 5.69 Å². The van der Waals surface area contributed by atoms with Crippen LogP contribution in [-0.4, -0.2) is 29.3 Å². The van der Waals surface area contributed by atoms with Gasteiger partial charge in [-0.25, -0.2) is 10.0 Å². The fraction of sp³-hybridized carbons (Fsp3) is 0.118. The van der Waals surface area contributed by atoms with Gasteiger partial charge in [0.05, 0.1) is 24.0 Å². The number of guanidine groups is 1. The Morgan fingerprint density at radius 3 is 2.48 bits per heavy atom. The Morgan fingerprint density at radius 1 is 1.17 bits per heavy atom. The summed E-state index contributed by atoms with van der Waals surface area (Å²) in [7, 11) is 0. The summed E-state index contributed by atoms with van der Waals surface area (Å²) in [5.74, 6) is 0.361. The van der Waals surface area contributed by atoms with Crippen LogP contribution in [-0.2, 0) is 0 Å². The lowest BCUT2D eigenvalue weighted by molar-refractivity contribution is 0.462. The van der Waals surface area contributed by atoms with Gasteiger partial charge in [-0.2, -0.15) is 10.4 Å². The van der Waals surface area contributed by atoms with E-state index in [1.807, 2.05) is 66.9 Å². The average molecular weight is 304 g/mol. The molecule has 3 N–H and O–H groups in total. The van der Waals surface area contributed by atoms with Crippen LogP contribution in [0.5, 0.6) is 0 Å². The number of hydrogen-bond donors (Lipinski definition) is 2. The van der Waals surface area contributed by atoms with Crippen molar-refractivity contribution in [2.45, 2.75) is 6.04 Å². The van der Waals surface area contributed by atoms with Crippen molar-refractivity contribution < 1.29 is 0 Å². The summed E-state index contributed by atoms with van der Waals surface area (Å²) in [6.07, 6.45) is 1.90. The summed E-state index contributed by atoms with van der Waals surface area (Å²) in [6, 6.07) is 18.9. The number of hydrazone groups is 1. The first-order chi connectivity index (χ1) is 11.3. The largest absolute Gasteiger partial charge is 0.321 e. The molecule has 0 amide bonds. The van der Waals surface area contributed by atoms with Gasteiger partial charge in [0.15, 0.2) is 6.19 Å². The molecule has 6 nitrogen and oxygen atoms in total. The third kappa shape index (κ3) is 3.36. The standard InChI is InChI=1S/C17H16N6/c18-12-20-17(21-14-9-5-2-6-10-14)23-11-15(19)16(22-23)13-7-3-1-4-8-13/h1-10,15H,11,19H2,(H,20,21). The van der Waals surface area contributed by atoms with Crippen LogP contribution in [0.1, 0.15) is 5.56 Å². The number of benzene rings is 2. The van der Waals surface area contributed by atoms with Gasteiger partial charge in [-0.15, -0.1) is 0 Å². The summed E-state index contributed by atoms with van der Waals surface area (Å²) in [6.45, 7) is 0.463. The lowest BCUT2D eigenvalue weighted by Crippen LogP contribution is -2.39. The second-order valence-corrected chi connectivity index (χ2v) is 5.05. The van der Waals surface area contributed by atoms with Crippen molar-refractivity contribution in [2.24, 2.45) is 15.8 Å². The Balaban J connectivity index is 1.91. The van der Waals surface area contributed by atoms with E-state index in [1.165, 1.54) is 0 Å². The topological polar surface area (TPSA) is 89.8 Å². The molecule has 0 saturated carbocycles. The van der Waals surface area contributed by atoms with Crippen molar-refractivity contribution in [3.8, 4) is 6.19 Å². The second kappa shape index (κ2) is 6.73. The monoisotopic (exact) mass is 304 g/mol. The predicted molar refractivity (Wildman–Crippen MR) is 89.9 cm³/mol. The van der Waals surface area contributed by atoms with Crippen LogP contribution >= 0.6 is 0 Å². The minimum Gasteiger partial charge on any atom is -0.321 e. The molecule has 0 saturated heterocycles. The third-order valence-corrected chi connectivity index (χ3v) is 3.42. The summed E-state index contributed by atoms with van der Waals surface area (Å²) < 4.78 is 0. The van der Waals surface area contributed by atoms with E-state index in [1.54, 1.807) is 5.01 Å². The van der Waals surface area contributed by atoms with Crippen LogP contribution in [0.25, 0.3) is 0 Å². The minimum absolute atomic E-state index is 0.237. The van der Waals surface area contributed by atoms with E-state index >= 15 is 0 Å². The molecule has 2 aromatic rings. The normalized spacial score (nSPS) is 17.6. The molecular formula is C17H16N6. The van der Waals surface area contributed by atoms with Crippen molar-refractivity contribution in [3.05, 3.63) is 66.2 Å². The minimum atomic E-state index is -0.237. The molecule has 0 aliphatic carbocycles. The lowest BCUT2D eigenvalue weighted by Gasteiger charge is -2.15. The van der Waals surface area contributed by atoms with Gasteiger partial charge < -0.3 is 5.73 Å². The van der Waals surface area contributed by atoms with E-state index in [-0.39, 0.29) is 6.04 Å². The van der Waals surface area contributed by atoms with E-state index in [2.05, 4.69) is 15.4 Å². The molecule has 0 radical (unpaired) electrons. The Labute approximate surface area is 134 Å². The van der Waals surface area contributed by atoms with Crippen LogP contribution in [0, 0.1) is 11.5 Å². The first-order valence-corrected chi connectivity index (χ1v) is 7.24. The Hall–Kier alpha value is -3.17. The highest BCUT2D eigenvalue weighted by atomic mass is 15.5. The molecule has 1 unspecified atom stereocenters. The number of nitrogens with two attached hydrogens (primary N) is 1. The van der Waals surface area contributed by atoms with Gasteiger partial charge in [0, 0.05) is 0 Å². The zero-order chi connectivity index (χ0) is 16.1. The first kappa shape index (κ1) is 14.8. The average Bonchev–Trinajstić information content (AvgIpc) is 2.98. The van der Waals surface area contributed by atoms with Gasteiger partial charge in [0.25, 0.3) is 0 Å². The highest BCUT2D eigenvalue weighted by Crippen LogP contribution is 2.16. The van der Waals surface area contributed by atoms with Crippen molar-refractivity contribution in [2.75, 3.05) is 6.54 Å². The number of aliphatic imine (C=N–C) groups is 1. The highest BCUT2D eigenvalue weighted by Gasteiger charge is 2.27. The van der Waals surface area contributed by atoms with Crippen molar-refractivity contribution in [3.63, 3.8) is 0 Å². The molecule has 3 rings (SSSR count). The molecule has 6 heteroatoms. The van der Waals surface area contributed by atoms with E-state index < -0.39 is 0 Å². The molecule has 1 heterocycles. The van der Waals surface area contributed by atoms with E-state index in [9.17, 15) is 0 Å². The summed E-state index contributed by atoms with van der Waals surface area (Å²) >= 11 is 0. The zero-order valence-electron chi connectivity index (χ0n) is 12.4. The summed E-state index contributed by atoms with van der Waals surface area (Å²) in [5, 5.41) is 17.7. The fourth-order valence-corrected chi connectivity index (χ4v) is 2.36. The molecule has 0 fully saturated rings. The van der Waals surface area contributed by atoms with Crippen molar-refractivity contribution in [1.29, 1.82) is 5.26 Å². The Kier molecular flexibility index (Phi) is 4.32. The Morgan fingerprint density at radius 2 is 1.83 bits per heavy atom. The van der Waals surface area contributed by atoms with E-state index in [0.29, 0.717) is 12.5 Å². The summed E-state index contributed by atoms with van der Waals surface area (Å²) in [4.78, 5) is 4.44. The maximum absolute atomic E-state index is 8.98. The van der Waals surface area contributed by atoms with Crippen LogP contribution in [0.3, 0.4) is 0 Å². The maximum Gasteiger partial charge on any atom is 0.233 e. The zero-order valence-corrected chi connectivity index (χ0v) is 12.4. The highest BCUT2D eigenvalue weighted by molar-refractivity contribution is 6.06. The molecule has 0 spiro atoms.